The number of benzene rings is 1. The zero-order valence-electron chi connectivity index (χ0n) is 17.3. The van der Waals surface area contributed by atoms with Crippen LogP contribution in [-0.4, -0.2) is 68.6 Å². The predicted octanol–water partition coefficient (Wildman–Crippen LogP) is 3.86. The van der Waals surface area contributed by atoms with Crippen molar-refractivity contribution in [3.63, 3.8) is 0 Å². The van der Waals surface area contributed by atoms with Crippen molar-refractivity contribution < 1.29 is 31.1 Å². The van der Waals surface area contributed by atoms with E-state index in [1.165, 1.54) is 12.1 Å². The molecule has 0 aromatic heterocycles. The van der Waals surface area contributed by atoms with Gasteiger partial charge in [0.1, 0.15) is 0 Å². The van der Waals surface area contributed by atoms with Crippen molar-refractivity contribution in [3.8, 4) is 0 Å². The number of carbonyl (C=O) groups is 1. The first-order valence-corrected chi connectivity index (χ1v) is 11.6. The first-order chi connectivity index (χ1) is 14.1. The number of unbranched alkanes of at least 4 members (excludes halogenated alkanes) is 1. The van der Waals surface area contributed by atoms with Gasteiger partial charge in [0.25, 0.3) is 9.84 Å². The fraction of sp³-hybridized carbons (Fsp3) is 0.650. The molecule has 1 unspecified atom stereocenters. The molecule has 1 amide bonds. The van der Waals surface area contributed by atoms with Gasteiger partial charge >= 0.3 is 11.6 Å². The summed E-state index contributed by atoms with van der Waals surface area (Å²) in [5.74, 6) is 0. The van der Waals surface area contributed by atoms with Crippen molar-refractivity contribution in [1.82, 2.24) is 9.80 Å². The van der Waals surface area contributed by atoms with Gasteiger partial charge < -0.3 is 14.5 Å². The molecule has 30 heavy (non-hydrogen) atoms. The molecule has 1 heterocycles. The molecule has 6 nitrogen and oxygen atoms in total. The minimum Gasteiger partial charge on any atom is -0.449 e. The van der Waals surface area contributed by atoms with Gasteiger partial charge in [-0.15, -0.1) is 0 Å². The standard InChI is InChI=1S/C20H29F3N2O4S/c1-3-24(11-4-5-12-25-13-6-14-29-19(25)26)16(2)15-17-7-9-18(10-8-17)30(27,28)20(21,22)23/h7-10,16H,3-6,11-15H2,1-2H3. The fourth-order valence-electron chi connectivity index (χ4n) is 3.52. The highest BCUT2D eigenvalue weighted by Gasteiger charge is 2.46. The molecule has 1 aliphatic heterocycles. The van der Waals surface area contributed by atoms with E-state index < -0.39 is 20.2 Å². The van der Waals surface area contributed by atoms with E-state index in [0.717, 1.165) is 56.6 Å². The molecule has 1 aliphatic rings. The Morgan fingerprint density at radius 3 is 2.43 bits per heavy atom. The lowest BCUT2D eigenvalue weighted by atomic mass is 10.1. The highest BCUT2D eigenvalue weighted by Crippen LogP contribution is 2.30. The predicted molar refractivity (Wildman–Crippen MR) is 107 cm³/mol. The number of halogens is 3. The maximum Gasteiger partial charge on any atom is 0.501 e. The lowest BCUT2D eigenvalue weighted by molar-refractivity contribution is -0.0436. The summed E-state index contributed by atoms with van der Waals surface area (Å²) in [5.41, 5.74) is -4.52. The molecular formula is C20H29F3N2O4S. The average Bonchev–Trinajstić information content (AvgIpc) is 2.68. The van der Waals surface area contributed by atoms with E-state index in [-0.39, 0.29) is 12.1 Å². The second-order valence-corrected chi connectivity index (χ2v) is 9.38. The van der Waals surface area contributed by atoms with Crippen LogP contribution in [0, 0.1) is 0 Å². The van der Waals surface area contributed by atoms with Crippen LogP contribution in [0.25, 0.3) is 0 Å². The Morgan fingerprint density at radius 2 is 1.87 bits per heavy atom. The third-order valence-corrected chi connectivity index (χ3v) is 6.78. The molecule has 170 valence electrons. The molecule has 2 rings (SSSR count). The van der Waals surface area contributed by atoms with Gasteiger partial charge in [0.15, 0.2) is 0 Å². The third kappa shape index (κ3) is 6.34. The van der Waals surface area contributed by atoms with Gasteiger partial charge in [0.2, 0.25) is 0 Å². The number of hydrogen-bond donors (Lipinski definition) is 0. The minimum atomic E-state index is -5.32. The Labute approximate surface area is 175 Å². The molecular weight excluding hydrogens is 421 g/mol. The Kier molecular flexibility index (Phi) is 8.54. The summed E-state index contributed by atoms with van der Waals surface area (Å²) in [6.07, 6.45) is 2.97. The van der Waals surface area contributed by atoms with Crippen molar-refractivity contribution in [1.29, 1.82) is 0 Å². The second kappa shape index (κ2) is 10.5. The summed E-state index contributed by atoms with van der Waals surface area (Å²) in [5, 5.41) is 0. The molecule has 0 saturated carbocycles. The van der Waals surface area contributed by atoms with Gasteiger partial charge in [-0.3, -0.25) is 0 Å². The maximum atomic E-state index is 12.6. The summed E-state index contributed by atoms with van der Waals surface area (Å²) in [6, 6.07) is 5.04. The van der Waals surface area contributed by atoms with Crippen molar-refractivity contribution in [3.05, 3.63) is 29.8 Å². The Balaban J connectivity index is 1.84. The molecule has 0 radical (unpaired) electrons. The number of ether oxygens (including phenoxy) is 1. The van der Waals surface area contributed by atoms with E-state index in [9.17, 15) is 26.4 Å². The number of cyclic esters (lactones) is 1. The molecule has 1 saturated heterocycles. The van der Waals surface area contributed by atoms with Crippen LogP contribution < -0.4 is 0 Å². The lowest BCUT2D eigenvalue weighted by Crippen LogP contribution is -2.39. The van der Waals surface area contributed by atoms with Crippen LogP contribution in [-0.2, 0) is 21.0 Å². The van der Waals surface area contributed by atoms with Crippen LogP contribution in [0.15, 0.2) is 29.2 Å². The largest absolute Gasteiger partial charge is 0.501 e. The van der Waals surface area contributed by atoms with Crippen molar-refractivity contribution in [2.45, 2.75) is 56.0 Å². The number of rotatable bonds is 10. The van der Waals surface area contributed by atoms with E-state index in [1.54, 1.807) is 4.90 Å². The van der Waals surface area contributed by atoms with E-state index in [0.29, 0.717) is 19.6 Å². The van der Waals surface area contributed by atoms with Gasteiger partial charge in [-0.25, -0.2) is 13.2 Å². The number of likely N-dealkylation sites (N-methyl/N-ethyl adjacent to an activating group) is 1. The number of alkyl halides is 3. The van der Waals surface area contributed by atoms with Crippen LogP contribution in [0.5, 0.6) is 0 Å². The third-order valence-electron chi connectivity index (χ3n) is 5.28. The van der Waals surface area contributed by atoms with Crippen molar-refractivity contribution in [2.24, 2.45) is 0 Å². The van der Waals surface area contributed by atoms with E-state index in [2.05, 4.69) is 4.90 Å². The highest BCUT2D eigenvalue weighted by atomic mass is 32.2. The van der Waals surface area contributed by atoms with E-state index >= 15 is 0 Å². The van der Waals surface area contributed by atoms with Gasteiger partial charge in [0, 0.05) is 19.1 Å². The number of hydrogen-bond acceptors (Lipinski definition) is 5. The van der Waals surface area contributed by atoms with Gasteiger partial charge in [0.05, 0.1) is 11.5 Å². The first kappa shape index (κ1) is 24.5. The number of sulfone groups is 1. The van der Waals surface area contributed by atoms with Crippen LogP contribution >= 0.6 is 0 Å². The molecule has 1 aromatic rings. The van der Waals surface area contributed by atoms with E-state index in [1.807, 2.05) is 13.8 Å². The zero-order valence-corrected chi connectivity index (χ0v) is 18.1. The van der Waals surface area contributed by atoms with Gasteiger partial charge in [-0.05, 0) is 63.4 Å². The molecule has 0 N–H and O–H groups in total. The van der Waals surface area contributed by atoms with Gasteiger partial charge in [-0.2, -0.15) is 13.2 Å². The summed E-state index contributed by atoms with van der Waals surface area (Å²) in [7, 11) is -5.32. The topological polar surface area (TPSA) is 66.9 Å². The Morgan fingerprint density at radius 1 is 1.20 bits per heavy atom. The van der Waals surface area contributed by atoms with Crippen LogP contribution in [0.4, 0.5) is 18.0 Å². The minimum absolute atomic E-state index is 0.139. The zero-order chi connectivity index (χ0) is 22.4. The quantitative estimate of drug-likeness (QED) is 0.507. The lowest BCUT2D eigenvalue weighted by Gasteiger charge is -2.29. The molecule has 10 heteroatoms. The molecule has 1 aromatic carbocycles. The van der Waals surface area contributed by atoms with Crippen molar-refractivity contribution in [2.75, 3.05) is 32.8 Å². The molecule has 0 bridgehead atoms. The van der Waals surface area contributed by atoms with Crippen LogP contribution in [0.2, 0.25) is 0 Å². The summed E-state index contributed by atoms with van der Waals surface area (Å²) >= 11 is 0. The van der Waals surface area contributed by atoms with Crippen LogP contribution in [0.3, 0.4) is 0 Å². The monoisotopic (exact) mass is 450 g/mol. The average molecular weight is 451 g/mol. The first-order valence-electron chi connectivity index (χ1n) is 10.1. The van der Waals surface area contributed by atoms with E-state index in [4.69, 9.17) is 4.74 Å². The number of nitrogens with zero attached hydrogens (tertiary/aromatic N) is 2. The molecule has 1 fully saturated rings. The number of carbonyl (C=O) groups excluding carboxylic acids is 1. The molecule has 0 aliphatic carbocycles. The fourth-order valence-corrected chi connectivity index (χ4v) is 4.28. The Hall–Kier alpha value is -1.81. The maximum absolute atomic E-state index is 12.6. The molecule has 0 spiro atoms. The number of amides is 1. The normalized spacial score (nSPS) is 16.6. The molecule has 1 atom stereocenters. The second-order valence-electron chi connectivity index (χ2n) is 7.44. The Bertz CT molecular complexity index is 797. The van der Waals surface area contributed by atoms with Crippen LogP contribution in [0.1, 0.15) is 38.7 Å². The van der Waals surface area contributed by atoms with Gasteiger partial charge in [-0.1, -0.05) is 19.1 Å². The summed E-state index contributed by atoms with van der Waals surface area (Å²) < 4.78 is 65.9. The highest BCUT2D eigenvalue weighted by molar-refractivity contribution is 7.92. The summed E-state index contributed by atoms with van der Waals surface area (Å²) in [6.45, 7) is 7.60. The smallest absolute Gasteiger partial charge is 0.449 e. The van der Waals surface area contributed by atoms with Crippen molar-refractivity contribution >= 4 is 15.9 Å². The summed E-state index contributed by atoms with van der Waals surface area (Å²) in [4.78, 5) is 14.9. The SMILES string of the molecule is CCN(CCCCN1CCCOC1=O)C(C)Cc1ccc(S(=O)(=O)C(F)(F)F)cc1.